The van der Waals surface area contributed by atoms with Crippen LogP contribution in [-0.2, 0) is 31.8 Å². The van der Waals surface area contributed by atoms with Gasteiger partial charge in [-0.05, 0) is 35.2 Å². The van der Waals surface area contributed by atoms with Crippen molar-refractivity contribution in [1.82, 2.24) is 13.7 Å². The van der Waals surface area contributed by atoms with Gasteiger partial charge in [0.1, 0.15) is 6.10 Å². The zero-order chi connectivity index (χ0) is 22.6. The van der Waals surface area contributed by atoms with Gasteiger partial charge in [0.15, 0.2) is 0 Å². The first-order valence-corrected chi connectivity index (χ1v) is 11.1. The second-order valence-electron chi connectivity index (χ2n) is 8.17. The molecular weight excluding hydrogens is 426 g/mol. The van der Waals surface area contributed by atoms with Crippen LogP contribution in [0.4, 0.5) is 0 Å². The summed E-state index contributed by atoms with van der Waals surface area (Å²) in [7, 11) is 3.23. The van der Waals surface area contributed by atoms with Crippen LogP contribution in [0.1, 0.15) is 29.8 Å². The fourth-order valence-electron chi connectivity index (χ4n) is 4.67. The molecule has 0 saturated carbocycles. The Morgan fingerprint density at radius 1 is 1.00 bits per heavy atom. The third-order valence-corrected chi connectivity index (χ3v) is 6.61. The van der Waals surface area contributed by atoms with Crippen molar-refractivity contribution in [2.75, 3.05) is 6.61 Å². The van der Waals surface area contributed by atoms with E-state index in [1.54, 1.807) is 11.6 Å². The van der Waals surface area contributed by atoms with Gasteiger partial charge in [-0.15, -0.1) is 0 Å². The molecule has 2 aromatic heterocycles. The van der Waals surface area contributed by atoms with Gasteiger partial charge in [-0.2, -0.15) is 0 Å². The molecule has 1 aliphatic rings. The molecule has 0 amide bonds. The standard InChI is InChI=1S/C25H24ClN3O3/c1-4-15-5-7-17(8-6-15)23-22-21-19(24(30)28(3)25(31)27(21)2)20(29(22)13-14-32-23)16-9-11-18(26)12-10-16/h5-12,23H,4,13-14H2,1-3H3/t23-/m0/s1. The van der Waals surface area contributed by atoms with Gasteiger partial charge in [0.25, 0.3) is 5.56 Å². The highest BCUT2D eigenvalue weighted by molar-refractivity contribution is 6.30. The highest BCUT2D eigenvalue weighted by Crippen LogP contribution is 2.40. The Bertz CT molecular complexity index is 1440. The molecular formula is C25H24ClN3O3. The molecule has 0 saturated heterocycles. The summed E-state index contributed by atoms with van der Waals surface area (Å²) in [6, 6.07) is 15.8. The topological polar surface area (TPSA) is 58.2 Å². The number of halogens is 1. The van der Waals surface area contributed by atoms with Gasteiger partial charge >= 0.3 is 5.69 Å². The summed E-state index contributed by atoms with van der Waals surface area (Å²) in [4.78, 5) is 26.2. The van der Waals surface area contributed by atoms with Gasteiger partial charge < -0.3 is 9.30 Å². The number of fused-ring (bicyclic) bond motifs is 3. The van der Waals surface area contributed by atoms with Crippen LogP contribution in [0.5, 0.6) is 0 Å². The number of aryl methyl sites for hydroxylation is 2. The first-order valence-electron chi connectivity index (χ1n) is 10.7. The van der Waals surface area contributed by atoms with Crippen molar-refractivity contribution in [2.24, 2.45) is 14.1 Å². The van der Waals surface area contributed by atoms with E-state index in [-0.39, 0.29) is 17.4 Å². The second-order valence-corrected chi connectivity index (χ2v) is 8.60. The van der Waals surface area contributed by atoms with E-state index in [1.165, 1.54) is 17.2 Å². The summed E-state index contributed by atoms with van der Waals surface area (Å²) in [6.07, 6.45) is 0.576. The Balaban J connectivity index is 1.89. The summed E-state index contributed by atoms with van der Waals surface area (Å²) >= 11 is 6.13. The molecule has 0 N–H and O–H groups in total. The van der Waals surface area contributed by atoms with Crippen molar-refractivity contribution in [2.45, 2.75) is 26.0 Å². The molecule has 164 valence electrons. The summed E-state index contributed by atoms with van der Waals surface area (Å²) < 4.78 is 11.1. The molecule has 0 spiro atoms. The normalized spacial score (nSPS) is 15.8. The van der Waals surface area contributed by atoms with Crippen LogP contribution in [0.15, 0.2) is 58.1 Å². The lowest BCUT2D eigenvalue weighted by Gasteiger charge is -2.28. The maximum Gasteiger partial charge on any atom is 0.331 e. The highest BCUT2D eigenvalue weighted by atomic mass is 35.5. The number of benzene rings is 2. The van der Waals surface area contributed by atoms with Crippen molar-refractivity contribution < 1.29 is 4.74 Å². The fourth-order valence-corrected chi connectivity index (χ4v) is 4.80. The maximum atomic E-state index is 13.4. The predicted molar refractivity (Wildman–Crippen MR) is 126 cm³/mol. The largest absolute Gasteiger partial charge is 0.365 e. The quantitative estimate of drug-likeness (QED) is 0.474. The molecule has 1 aliphatic heterocycles. The summed E-state index contributed by atoms with van der Waals surface area (Å²) in [5, 5.41) is 1.15. The van der Waals surface area contributed by atoms with Crippen LogP contribution in [0.3, 0.4) is 0 Å². The number of aromatic nitrogens is 3. The van der Waals surface area contributed by atoms with Crippen molar-refractivity contribution >= 4 is 22.5 Å². The molecule has 5 rings (SSSR count). The van der Waals surface area contributed by atoms with Gasteiger partial charge in [-0.3, -0.25) is 13.9 Å². The molecule has 1 atom stereocenters. The highest BCUT2D eigenvalue weighted by Gasteiger charge is 2.33. The molecule has 0 bridgehead atoms. The van der Waals surface area contributed by atoms with E-state index in [2.05, 4.69) is 35.8 Å². The minimum absolute atomic E-state index is 0.310. The number of hydrogen-bond acceptors (Lipinski definition) is 3. The zero-order valence-corrected chi connectivity index (χ0v) is 19.0. The Labute approximate surface area is 190 Å². The van der Waals surface area contributed by atoms with Crippen molar-refractivity contribution in [3.05, 3.63) is 91.2 Å². The van der Waals surface area contributed by atoms with Crippen molar-refractivity contribution in [1.29, 1.82) is 0 Å². The number of nitrogens with zero attached hydrogens (tertiary/aromatic N) is 3. The second kappa shape index (κ2) is 7.80. The third kappa shape index (κ3) is 3.05. The summed E-state index contributed by atoms with van der Waals surface area (Å²) in [6.45, 7) is 3.21. The van der Waals surface area contributed by atoms with Crippen LogP contribution >= 0.6 is 11.6 Å². The van der Waals surface area contributed by atoms with Crippen LogP contribution in [-0.4, -0.2) is 20.3 Å². The van der Waals surface area contributed by atoms with Crippen molar-refractivity contribution in [3.8, 4) is 11.3 Å². The van der Waals surface area contributed by atoms with E-state index in [0.29, 0.717) is 29.1 Å². The Kier molecular flexibility index (Phi) is 5.07. The first kappa shape index (κ1) is 20.8. The number of ether oxygens (including phenoxy) is 1. The molecule has 0 aliphatic carbocycles. The van der Waals surface area contributed by atoms with Gasteiger partial charge in [-0.1, -0.05) is 54.9 Å². The lowest BCUT2D eigenvalue weighted by molar-refractivity contribution is 0.0478. The summed E-state index contributed by atoms with van der Waals surface area (Å²) in [5.41, 5.74) is 4.69. The van der Waals surface area contributed by atoms with Gasteiger partial charge in [-0.25, -0.2) is 4.79 Å². The molecule has 3 heterocycles. The van der Waals surface area contributed by atoms with E-state index in [0.717, 1.165) is 28.9 Å². The minimum Gasteiger partial charge on any atom is -0.365 e. The van der Waals surface area contributed by atoms with Gasteiger partial charge in [0.05, 0.1) is 28.9 Å². The van der Waals surface area contributed by atoms with Gasteiger partial charge in [0.2, 0.25) is 0 Å². The average molecular weight is 450 g/mol. The first-order chi connectivity index (χ1) is 15.4. The molecule has 32 heavy (non-hydrogen) atoms. The molecule has 0 radical (unpaired) electrons. The minimum atomic E-state index is -0.379. The third-order valence-electron chi connectivity index (χ3n) is 6.36. The molecule has 2 aromatic carbocycles. The molecule has 0 unspecified atom stereocenters. The van der Waals surface area contributed by atoms with Crippen LogP contribution in [0, 0.1) is 0 Å². The Hall–Kier alpha value is -3.09. The lowest BCUT2D eigenvalue weighted by atomic mass is 10.0. The van der Waals surface area contributed by atoms with E-state index >= 15 is 0 Å². The van der Waals surface area contributed by atoms with E-state index < -0.39 is 0 Å². The van der Waals surface area contributed by atoms with E-state index in [9.17, 15) is 9.59 Å². The van der Waals surface area contributed by atoms with Crippen LogP contribution < -0.4 is 11.2 Å². The molecule has 0 fully saturated rings. The predicted octanol–water partition coefficient (Wildman–Crippen LogP) is 4.04. The summed E-state index contributed by atoms with van der Waals surface area (Å²) in [5.74, 6) is 0. The van der Waals surface area contributed by atoms with Crippen molar-refractivity contribution in [3.63, 3.8) is 0 Å². The lowest BCUT2D eigenvalue weighted by Crippen LogP contribution is -2.37. The molecule has 4 aromatic rings. The zero-order valence-electron chi connectivity index (χ0n) is 18.3. The molecule has 6 nitrogen and oxygen atoms in total. The smallest absolute Gasteiger partial charge is 0.331 e. The monoisotopic (exact) mass is 449 g/mol. The van der Waals surface area contributed by atoms with Crippen LogP contribution in [0.25, 0.3) is 22.2 Å². The SMILES string of the molecule is CCc1ccc([C@@H]2OCCn3c(-c4ccc(Cl)cc4)c4c(=O)n(C)c(=O)n(C)c4c32)cc1. The number of rotatable bonds is 3. The van der Waals surface area contributed by atoms with E-state index in [1.807, 2.05) is 24.3 Å². The fraction of sp³-hybridized carbons (Fsp3) is 0.280. The Morgan fingerprint density at radius 3 is 2.34 bits per heavy atom. The maximum absolute atomic E-state index is 13.4. The van der Waals surface area contributed by atoms with Gasteiger partial charge in [0, 0.05) is 25.7 Å². The average Bonchev–Trinajstić information content (AvgIpc) is 3.17. The van der Waals surface area contributed by atoms with Crippen LogP contribution in [0.2, 0.25) is 5.02 Å². The van der Waals surface area contributed by atoms with E-state index in [4.69, 9.17) is 16.3 Å². The molecule has 7 heteroatoms. The Morgan fingerprint density at radius 2 is 1.69 bits per heavy atom. The number of hydrogen-bond donors (Lipinski definition) is 0.